The van der Waals surface area contributed by atoms with Crippen LogP contribution in [0.25, 0.3) is 11.1 Å². The maximum atomic E-state index is 10.9. The van der Waals surface area contributed by atoms with E-state index in [-0.39, 0.29) is 17.2 Å². The average Bonchev–Trinajstić information content (AvgIpc) is 2.76. The van der Waals surface area contributed by atoms with Crippen LogP contribution in [0, 0.1) is 10.1 Å². The molecule has 19 heavy (non-hydrogen) atoms. The van der Waals surface area contributed by atoms with Crippen LogP contribution in [0.2, 0.25) is 0 Å². The molecule has 0 aliphatic carbocycles. The predicted molar refractivity (Wildman–Crippen MR) is 72.7 cm³/mol. The highest BCUT2D eigenvalue weighted by Gasteiger charge is 2.16. The molecular weight excluding hydrogens is 270 g/mol. The Morgan fingerprint density at radius 3 is 3.00 bits per heavy atom. The highest BCUT2D eigenvalue weighted by atomic mass is 32.2. The van der Waals surface area contributed by atoms with Crippen molar-refractivity contribution in [3.8, 4) is 0 Å². The van der Waals surface area contributed by atoms with Crippen LogP contribution < -0.4 is 5.32 Å². The molecule has 0 amide bonds. The van der Waals surface area contributed by atoms with Crippen molar-refractivity contribution in [1.82, 2.24) is 4.98 Å². The second-order valence-corrected chi connectivity index (χ2v) is 5.51. The predicted octanol–water partition coefficient (Wildman–Crippen LogP) is 1.92. The summed E-state index contributed by atoms with van der Waals surface area (Å²) < 4.78 is 16.2. The molecule has 8 heteroatoms. The van der Waals surface area contributed by atoms with E-state index in [9.17, 15) is 14.3 Å². The normalized spacial score (nSPS) is 12.5. The molecule has 0 radical (unpaired) electrons. The van der Waals surface area contributed by atoms with E-state index in [1.165, 1.54) is 6.07 Å². The van der Waals surface area contributed by atoms with Gasteiger partial charge in [-0.25, -0.2) is 0 Å². The maximum Gasteiger partial charge on any atom is 0.298 e. The van der Waals surface area contributed by atoms with Crippen molar-refractivity contribution >= 4 is 33.6 Å². The highest BCUT2D eigenvalue weighted by Crippen LogP contribution is 2.27. The highest BCUT2D eigenvalue weighted by molar-refractivity contribution is 7.84. The van der Waals surface area contributed by atoms with E-state index in [4.69, 9.17) is 4.42 Å². The number of benzene rings is 1. The van der Waals surface area contributed by atoms with E-state index in [1.54, 1.807) is 18.4 Å². The van der Waals surface area contributed by atoms with Crippen LogP contribution in [-0.2, 0) is 10.8 Å². The first kappa shape index (κ1) is 13.5. The molecule has 7 nitrogen and oxygen atoms in total. The smallest absolute Gasteiger partial charge is 0.298 e. The number of nitrogens with one attached hydrogen (secondary N) is 1. The van der Waals surface area contributed by atoms with Gasteiger partial charge < -0.3 is 9.73 Å². The number of non-ortho nitro benzene ring substituents is 1. The van der Waals surface area contributed by atoms with Gasteiger partial charge in [-0.1, -0.05) is 6.07 Å². The molecule has 1 N–H and O–H groups in total. The van der Waals surface area contributed by atoms with E-state index in [0.29, 0.717) is 24.3 Å². The summed E-state index contributed by atoms with van der Waals surface area (Å²) in [6.07, 6.45) is 2.35. The molecule has 0 bridgehead atoms. The topological polar surface area (TPSA) is 98.3 Å². The summed E-state index contributed by atoms with van der Waals surface area (Å²) >= 11 is 0. The van der Waals surface area contributed by atoms with E-state index in [0.717, 1.165) is 0 Å². The lowest BCUT2D eigenvalue weighted by molar-refractivity contribution is -0.383. The zero-order valence-corrected chi connectivity index (χ0v) is 11.1. The van der Waals surface area contributed by atoms with Gasteiger partial charge in [0.2, 0.25) is 0 Å². The molecule has 1 heterocycles. The fourth-order valence-corrected chi connectivity index (χ4v) is 2.18. The summed E-state index contributed by atoms with van der Waals surface area (Å²) in [6.45, 7) is 0.556. The van der Waals surface area contributed by atoms with Crippen LogP contribution in [-0.4, -0.2) is 32.7 Å². The molecule has 0 fully saturated rings. The SMILES string of the molecule is CS(=O)CCCNc1nc2c([N+](=O)[O-])cccc2o1. The molecule has 0 spiro atoms. The first-order valence-electron chi connectivity index (χ1n) is 5.66. The van der Waals surface area contributed by atoms with Crippen LogP contribution in [0.5, 0.6) is 0 Å². The van der Waals surface area contributed by atoms with Crippen molar-refractivity contribution < 1.29 is 13.5 Å². The van der Waals surface area contributed by atoms with Crippen molar-refractivity contribution in [3.05, 3.63) is 28.3 Å². The van der Waals surface area contributed by atoms with Gasteiger partial charge in [-0.3, -0.25) is 14.3 Å². The number of fused-ring (bicyclic) bond motifs is 1. The van der Waals surface area contributed by atoms with Gasteiger partial charge in [-0.2, -0.15) is 4.98 Å². The summed E-state index contributed by atoms with van der Waals surface area (Å²) in [5.74, 6) is 0.591. The van der Waals surface area contributed by atoms with Gasteiger partial charge in [0.1, 0.15) is 0 Å². The van der Waals surface area contributed by atoms with Gasteiger partial charge in [0.15, 0.2) is 11.1 Å². The molecule has 1 unspecified atom stereocenters. The first-order valence-corrected chi connectivity index (χ1v) is 7.38. The third-order valence-electron chi connectivity index (χ3n) is 2.48. The fourth-order valence-electron chi connectivity index (χ4n) is 1.63. The lowest BCUT2D eigenvalue weighted by atomic mass is 10.3. The second kappa shape index (κ2) is 5.79. The summed E-state index contributed by atoms with van der Waals surface area (Å²) in [5, 5.41) is 13.7. The number of aromatic nitrogens is 1. The Hall–Kier alpha value is -1.96. The Balaban J connectivity index is 2.11. The van der Waals surface area contributed by atoms with Gasteiger partial charge >= 0.3 is 0 Å². The Bertz CT molecular complexity index is 625. The van der Waals surface area contributed by atoms with Crippen molar-refractivity contribution in [2.45, 2.75) is 6.42 Å². The number of nitro groups is 1. The van der Waals surface area contributed by atoms with Crippen LogP contribution >= 0.6 is 0 Å². The Morgan fingerprint density at radius 2 is 2.32 bits per heavy atom. The van der Waals surface area contributed by atoms with Crippen LogP contribution in [0.3, 0.4) is 0 Å². The molecule has 2 rings (SSSR count). The zero-order valence-electron chi connectivity index (χ0n) is 10.3. The molecule has 1 aromatic carbocycles. The van der Waals surface area contributed by atoms with Crippen LogP contribution in [0.1, 0.15) is 6.42 Å². The number of para-hydroxylation sites is 1. The maximum absolute atomic E-state index is 10.9. The molecule has 0 saturated carbocycles. The van der Waals surface area contributed by atoms with Crippen molar-refractivity contribution in [3.63, 3.8) is 0 Å². The third-order valence-corrected chi connectivity index (χ3v) is 3.34. The van der Waals surface area contributed by atoms with E-state index < -0.39 is 15.7 Å². The number of hydrogen-bond donors (Lipinski definition) is 1. The van der Waals surface area contributed by atoms with Gasteiger partial charge in [-0.05, 0) is 12.5 Å². The average molecular weight is 283 g/mol. The monoisotopic (exact) mass is 283 g/mol. The van der Waals surface area contributed by atoms with E-state index in [2.05, 4.69) is 10.3 Å². The Morgan fingerprint density at radius 1 is 1.53 bits per heavy atom. The van der Waals surface area contributed by atoms with Crippen molar-refractivity contribution in [2.24, 2.45) is 0 Å². The molecule has 1 aromatic heterocycles. The molecule has 0 saturated heterocycles. The largest absolute Gasteiger partial charge is 0.423 e. The van der Waals surface area contributed by atoms with Crippen LogP contribution in [0.15, 0.2) is 22.6 Å². The summed E-state index contributed by atoms with van der Waals surface area (Å²) in [6, 6.07) is 4.80. The standard InChI is InChI=1S/C11H13N3O4S/c1-19(17)7-3-6-12-11-13-10-8(14(15)16)4-2-5-9(10)18-11/h2,4-5H,3,6-7H2,1H3,(H,12,13). The molecule has 2 aromatic rings. The van der Waals surface area contributed by atoms with E-state index in [1.807, 2.05) is 0 Å². The van der Waals surface area contributed by atoms with Gasteiger partial charge in [0.05, 0.1) is 4.92 Å². The minimum Gasteiger partial charge on any atom is -0.423 e. The van der Waals surface area contributed by atoms with Gasteiger partial charge in [-0.15, -0.1) is 0 Å². The number of nitro benzene ring substituents is 1. The second-order valence-electron chi connectivity index (χ2n) is 3.96. The number of anilines is 1. The number of hydrogen-bond acceptors (Lipinski definition) is 6. The van der Waals surface area contributed by atoms with Crippen LogP contribution in [0.4, 0.5) is 11.7 Å². The molecule has 102 valence electrons. The molecular formula is C11H13N3O4S. The quantitative estimate of drug-likeness (QED) is 0.494. The summed E-state index contributed by atoms with van der Waals surface area (Å²) in [5.41, 5.74) is 0.522. The molecule has 0 aliphatic heterocycles. The molecule has 0 aliphatic rings. The number of oxazole rings is 1. The minimum atomic E-state index is -0.828. The fraction of sp³-hybridized carbons (Fsp3) is 0.364. The minimum absolute atomic E-state index is 0.0797. The third kappa shape index (κ3) is 3.28. The number of nitrogens with zero attached hydrogens (tertiary/aromatic N) is 2. The first-order chi connectivity index (χ1) is 9.08. The summed E-state index contributed by atoms with van der Waals surface area (Å²) in [4.78, 5) is 14.4. The lowest BCUT2D eigenvalue weighted by Crippen LogP contribution is -2.06. The van der Waals surface area contributed by atoms with Gasteiger partial charge in [0, 0.05) is 35.4 Å². The van der Waals surface area contributed by atoms with Gasteiger partial charge in [0.25, 0.3) is 11.7 Å². The van der Waals surface area contributed by atoms with Crippen molar-refractivity contribution in [2.75, 3.05) is 23.9 Å². The Kier molecular flexibility index (Phi) is 4.10. The molecule has 1 atom stereocenters. The zero-order chi connectivity index (χ0) is 13.8. The Labute approximate surface area is 111 Å². The summed E-state index contributed by atoms with van der Waals surface area (Å²) in [7, 11) is -0.828. The number of rotatable bonds is 6. The van der Waals surface area contributed by atoms with E-state index >= 15 is 0 Å². The van der Waals surface area contributed by atoms with Crippen molar-refractivity contribution in [1.29, 1.82) is 0 Å². The lowest BCUT2D eigenvalue weighted by Gasteiger charge is -1.99.